The van der Waals surface area contributed by atoms with Crippen LogP contribution in [0, 0.1) is 0 Å². The average Bonchev–Trinajstić information content (AvgIpc) is 2.82. The van der Waals surface area contributed by atoms with Crippen LogP contribution in [0.1, 0.15) is 11.4 Å². The highest BCUT2D eigenvalue weighted by molar-refractivity contribution is 6.32. The highest BCUT2D eigenvalue weighted by Crippen LogP contribution is 2.29. The Labute approximate surface area is 104 Å². The lowest BCUT2D eigenvalue weighted by Crippen LogP contribution is -2.06. The fraction of sp³-hybridized carbons (Fsp3) is 0.273. The van der Waals surface area contributed by atoms with Crippen molar-refractivity contribution in [1.82, 2.24) is 10.1 Å². The molecule has 1 aromatic carbocycles. The van der Waals surface area contributed by atoms with Gasteiger partial charge in [-0.15, -0.1) is 0 Å². The molecule has 0 radical (unpaired) electrons. The minimum Gasteiger partial charge on any atom is -0.484 e. The molecule has 0 amide bonds. The molecule has 0 aliphatic carbocycles. The predicted molar refractivity (Wildman–Crippen MR) is 62.8 cm³/mol. The van der Waals surface area contributed by atoms with E-state index in [1.165, 1.54) is 6.39 Å². The van der Waals surface area contributed by atoms with Crippen LogP contribution in [0.3, 0.4) is 0 Å². The quantitative estimate of drug-likeness (QED) is 0.880. The maximum absolute atomic E-state index is 6.08. The van der Waals surface area contributed by atoms with E-state index in [0.717, 1.165) is 5.56 Å². The number of nitrogens with zero attached hydrogens (tertiary/aromatic N) is 2. The van der Waals surface area contributed by atoms with Crippen molar-refractivity contribution in [3.05, 3.63) is 41.0 Å². The van der Waals surface area contributed by atoms with Gasteiger partial charge in [0, 0.05) is 0 Å². The molecule has 2 N–H and O–H groups in total. The summed E-state index contributed by atoms with van der Waals surface area (Å²) in [6, 6.07) is 5.58. The third kappa shape index (κ3) is 2.95. The molecule has 0 unspecified atom stereocenters. The van der Waals surface area contributed by atoms with E-state index in [2.05, 4.69) is 14.7 Å². The molecule has 1 aromatic heterocycles. The Morgan fingerprint density at radius 3 is 3.00 bits per heavy atom. The van der Waals surface area contributed by atoms with E-state index in [1.807, 2.05) is 12.1 Å². The standard InChI is InChI=1S/C11H12ClN3O2/c12-9-3-1-2-8(4-5-13)11(9)16-6-10-14-7-17-15-10/h1-3,7H,4-6,13H2. The number of hydrogen-bond acceptors (Lipinski definition) is 5. The van der Waals surface area contributed by atoms with E-state index in [1.54, 1.807) is 6.07 Å². The van der Waals surface area contributed by atoms with Gasteiger partial charge >= 0.3 is 0 Å². The van der Waals surface area contributed by atoms with Crippen LogP contribution in [-0.2, 0) is 13.0 Å². The Balaban J connectivity index is 2.13. The molecule has 0 atom stereocenters. The number of para-hydroxylation sites is 1. The molecule has 5 nitrogen and oxygen atoms in total. The maximum atomic E-state index is 6.08. The molecule has 0 fully saturated rings. The minimum absolute atomic E-state index is 0.220. The fourth-order valence-electron chi connectivity index (χ4n) is 1.46. The molecule has 2 rings (SSSR count). The van der Waals surface area contributed by atoms with Crippen molar-refractivity contribution in [2.45, 2.75) is 13.0 Å². The Morgan fingerprint density at radius 1 is 1.41 bits per heavy atom. The SMILES string of the molecule is NCCc1cccc(Cl)c1OCc1ncon1. The van der Waals surface area contributed by atoms with Gasteiger partial charge in [-0.25, -0.2) is 0 Å². The molecule has 6 heteroatoms. The molecule has 0 saturated carbocycles. The third-order valence-electron chi connectivity index (χ3n) is 2.21. The molecule has 2 aromatic rings. The van der Waals surface area contributed by atoms with Crippen LogP contribution in [-0.4, -0.2) is 16.7 Å². The first kappa shape index (κ1) is 11.9. The molecular formula is C11H12ClN3O2. The van der Waals surface area contributed by atoms with Crippen LogP contribution in [0.25, 0.3) is 0 Å². The van der Waals surface area contributed by atoms with Gasteiger partial charge < -0.3 is 15.0 Å². The highest BCUT2D eigenvalue weighted by atomic mass is 35.5. The molecule has 0 spiro atoms. The lowest BCUT2D eigenvalue weighted by atomic mass is 10.1. The second kappa shape index (κ2) is 5.65. The first-order valence-electron chi connectivity index (χ1n) is 5.16. The number of benzene rings is 1. The first-order chi connectivity index (χ1) is 8.31. The largest absolute Gasteiger partial charge is 0.484 e. The second-order valence-corrected chi connectivity index (χ2v) is 3.81. The predicted octanol–water partition coefficient (Wildman–Crippen LogP) is 1.80. The number of halogens is 1. The summed E-state index contributed by atoms with van der Waals surface area (Å²) in [5.74, 6) is 1.10. The van der Waals surface area contributed by atoms with Gasteiger partial charge in [0.2, 0.25) is 12.2 Å². The molecule has 0 saturated heterocycles. The van der Waals surface area contributed by atoms with Gasteiger partial charge in [-0.2, -0.15) is 4.98 Å². The van der Waals surface area contributed by atoms with Crippen molar-refractivity contribution >= 4 is 11.6 Å². The normalized spacial score (nSPS) is 10.5. The average molecular weight is 254 g/mol. The number of aromatic nitrogens is 2. The van der Waals surface area contributed by atoms with Crippen molar-refractivity contribution in [3.8, 4) is 5.75 Å². The maximum Gasteiger partial charge on any atom is 0.213 e. The lowest BCUT2D eigenvalue weighted by Gasteiger charge is -2.11. The van der Waals surface area contributed by atoms with Gasteiger partial charge in [-0.3, -0.25) is 0 Å². The smallest absolute Gasteiger partial charge is 0.213 e. The zero-order valence-electron chi connectivity index (χ0n) is 9.10. The Hall–Kier alpha value is -1.59. The van der Waals surface area contributed by atoms with Crippen LogP contribution in [0.5, 0.6) is 5.75 Å². The molecular weight excluding hydrogens is 242 g/mol. The molecule has 0 bridgehead atoms. The molecule has 0 aliphatic heterocycles. The summed E-state index contributed by atoms with van der Waals surface area (Å²) in [5, 5.41) is 4.21. The second-order valence-electron chi connectivity index (χ2n) is 3.40. The summed E-state index contributed by atoms with van der Waals surface area (Å²) in [7, 11) is 0. The van der Waals surface area contributed by atoms with Crippen LogP contribution in [0.15, 0.2) is 29.1 Å². The van der Waals surface area contributed by atoms with Gasteiger partial charge in [0.15, 0.2) is 6.61 Å². The zero-order valence-corrected chi connectivity index (χ0v) is 9.85. The summed E-state index contributed by atoms with van der Waals surface area (Å²) in [6.45, 7) is 0.761. The van der Waals surface area contributed by atoms with Crippen molar-refractivity contribution in [3.63, 3.8) is 0 Å². The number of nitrogens with two attached hydrogens (primary N) is 1. The van der Waals surface area contributed by atoms with Crippen LogP contribution >= 0.6 is 11.6 Å². The number of hydrogen-bond donors (Lipinski definition) is 1. The van der Waals surface area contributed by atoms with Gasteiger partial charge in [-0.1, -0.05) is 28.9 Å². The van der Waals surface area contributed by atoms with E-state index < -0.39 is 0 Å². The van der Waals surface area contributed by atoms with Crippen LogP contribution < -0.4 is 10.5 Å². The first-order valence-corrected chi connectivity index (χ1v) is 5.54. The van der Waals surface area contributed by atoms with Crippen molar-refractivity contribution in [2.24, 2.45) is 5.73 Å². The molecule has 90 valence electrons. The summed E-state index contributed by atoms with van der Waals surface area (Å²) in [6.07, 6.45) is 1.97. The molecule has 17 heavy (non-hydrogen) atoms. The summed E-state index contributed by atoms with van der Waals surface area (Å²) >= 11 is 6.08. The number of rotatable bonds is 5. The van der Waals surface area contributed by atoms with Crippen LogP contribution in [0.4, 0.5) is 0 Å². The number of ether oxygens (including phenoxy) is 1. The highest BCUT2D eigenvalue weighted by Gasteiger charge is 2.09. The van der Waals surface area contributed by atoms with E-state index >= 15 is 0 Å². The topological polar surface area (TPSA) is 74.2 Å². The van der Waals surface area contributed by atoms with Crippen molar-refractivity contribution in [2.75, 3.05) is 6.54 Å². The lowest BCUT2D eigenvalue weighted by molar-refractivity contribution is 0.284. The summed E-state index contributed by atoms with van der Waals surface area (Å²) < 4.78 is 10.2. The van der Waals surface area contributed by atoms with Crippen molar-refractivity contribution in [1.29, 1.82) is 0 Å². The monoisotopic (exact) mass is 253 g/mol. The van der Waals surface area contributed by atoms with Crippen LogP contribution in [0.2, 0.25) is 5.02 Å². The van der Waals surface area contributed by atoms with E-state index in [-0.39, 0.29) is 6.61 Å². The van der Waals surface area contributed by atoms with Gasteiger partial charge in [0.25, 0.3) is 0 Å². The Kier molecular flexibility index (Phi) is 3.95. The van der Waals surface area contributed by atoms with Gasteiger partial charge in [-0.05, 0) is 24.6 Å². The fourth-order valence-corrected chi connectivity index (χ4v) is 1.71. The van der Waals surface area contributed by atoms with Crippen molar-refractivity contribution < 1.29 is 9.26 Å². The van der Waals surface area contributed by atoms with Gasteiger partial charge in [0.05, 0.1) is 5.02 Å². The van der Waals surface area contributed by atoms with E-state index in [4.69, 9.17) is 22.1 Å². The molecule has 0 aliphatic rings. The van der Waals surface area contributed by atoms with E-state index in [9.17, 15) is 0 Å². The van der Waals surface area contributed by atoms with E-state index in [0.29, 0.717) is 29.6 Å². The Morgan fingerprint density at radius 2 is 2.29 bits per heavy atom. The minimum atomic E-state index is 0.220. The Bertz CT molecular complexity index is 474. The van der Waals surface area contributed by atoms with Gasteiger partial charge in [0.1, 0.15) is 5.75 Å². The summed E-state index contributed by atoms with van der Waals surface area (Å²) in [4.78, 5) is 3.87. The molecule has 1 heterocycles. The summed E-state index contributed by atoms with van der Waals surface area (Å²) in [5.41, 5.74) is 6.51. The third-order valence-corrected chi connectivity index (χ3v) is 2.51. The zero-order chi connectivity index (χ0) is 12.1.